The maximum atomic E-state index is 12.7. The quantitative estimate of drug-likeness (QED) is 0.748. The van der Waals surface area contributed by atoms with Crippen molar-refractivity contribution in [2.45, 2.75) is 52.2 Å². The molecule has 0 aromatic carbocycles. The van der Waals surface area contributed by atoms with Crippen LogP contribution in [0.3, 0.4) is 0 Å². The zero-order valence-corrected chi connectivity index (χ0v) is 18.1. The summed E-state index contributed by atoms with van der Waals surface area (Å²) in [7, 11) is 1.96. The highest BCUT2D eigenvalue weighted by molar-refractivity contribution is 5.95. The minimum Gasteiger partial charge on any atom is -0.444 e. The van der Waals surface area contributed by atoms with E-state index < -0.39 is 11.7 Å². The van der Waals surface area contributed by atoms with Gasteiger partial charge in [0.2, 0.25) is 5.91 Å². The standard InChI is InChI=1S/C20H33N5O4/c1-14(10-21-19(28)29-20(2,3)4)17(26)23-8-6-15(7-9-23)25-13-24-12-22(5)11-16(24)18(25)27/h11,14-15H,6-10,12-13H2,1-5H3,(H,21,28). The van der Waals surface area contributed by atoms with Crippen molar-refractivity contribution < 1.29 is 19.1 Å². The van der Waals surface area contributed by atoms with E-state index in [0.717, 1.165) is 25.2 Å². The molecule has 3 heterocycles. The summed E-state index contributed by atoms with van der Waals surface area (Å²) in [6, 6.07) is 0.165. The van der Waals surface area contributed by atoms with Crippen LogP contribution in [0.4, 0.5) is 4.79 Å². The molecule has 0 aliphatic carbocycles. The molecule has 29 heavy (non-hydrogen) atoms. The largest absolute Gasteiger partial charge is 0.444 e. The number of likely N-dealkylation sites (tertiary alicyclic amines) is 1. The molecule has 3 amide bonds. The van der Waals surface area contributed by atoms with E-state index in [9.17, 15) is 14.4 Å². The lowest BCUT2D eigenvalue weighted by Crippen LogP contribution is -2.50. The van der Waals surface area contributed by atoms with E-state index in [4.69, 9.17) is 4.74 Å². The number of nitrogens with one attached hydrogen (secondary N) is 1. The van der Waals surface area contributed by atoms with Crippen molar-refractivity contribution in [2.75, 3.05) is 40.0 Å². The van der Waals surface area contributed by atoms with E-state index in [1.165, 1.54) is 0 Å². The third kappa shape index (κ3) is 4.94. The second-order valence-electron chi connectivity index (χ2n) is 9.21. The molecule has 0 aromatic rings. The van der Waals surface area contributed by atoms with Gasteiger partial charge in [0, 0.05) is 38.9 Å². The molecule has 0 aromatic heterocycles. The molecular formula is C20H33N5O4. The van der Waals surface area contributed by atoms with E-state index in [1.54, 1.807) is 20.8 Å². The summed E-state index contributed by atoms with van der Waals surface area (Å²) in [6.07, 6.45) is 2.95. The van der Waals surface area contributed by atoms with Gasteiger partial charge in [0.1, 0.15) is 11.3 Å². The summed E-state index contributed by atoms with van der Waals surface area (Å²) in [5, 5.41) is 2.67. The van der Waals surface area contributed by atoms with Crippen LogP contribution >= 0.6 is 0 Å². The highest BCUT2D eigenvalue weighted by atomic mass is 16.6. The van der Waals surface area contributed by atoms with Gasteiger partial charge in [-0.2, -0.15) is 0 Å². The molecule has 1 N–H and O–H groups in total. The Balaban J connectivity index is 1.44. The van der Waals surface area contributed by atoms with Crippen LogP contribution in [0.25, 0.3) is 0 Å². The molecule has 1 atom stereocenters. The van der Waals surface area contributed by atoms with Crippen molar-refractivity contribution in [1.82, 2.24) is 24.9 Å². The first-order valence-electron chi connectivity index (χ1n) is 10.3. The lowest BCUT2D eigenvalue weighted by molar-refractivity contribution is -0.137. The van der Waals surface area contributed by atoms with E-state index >= 15 is 0 Å². The number of carbonyl (C=O) groups is 3. The molecule has 3 aliphatic rings. The van der Waals surface area contributed by atoms with E-state index in [2.05, 4.69) is 10.2 Å². The molecule has 1 unspecified atom stereocenters. The smallest absolute Gasteiger partial charge is 0.407 e. The number of ether oxygens (including phenoxy) is 1. The minimum atomic E-state index is -0.563. The van der Waals surface area contributed by atoms with Crippen LogP contribution in [0.15, 0.2) is 11.9 Å². The predicted molar refractivity (Wildman–Crippen MR) is 107 cm³/mol. The summed E-state index contributed by atoms with van der Waals surface area (Å²) >= 11 is 0. The Labute approximate surface area is 172 Å². The van der Waals surface area contributed by atoms with Crippen LogP contribution in [0.5, 0.6) is 0 Å². The number of hydrogen-bond acceptors (Lipinski definition) is 6. The SMILES string of the molecule is CC(CNC(=O)OC(C)(C)C)C(=O)N1CCC(N2CN3CN(C)C=C3C2=O)CC1. The maximum Gasteiger partial charge on any atom is 0.407 e. The minimum absolute atomic E-state index is 0.0252. The lowest BCUT2D eigenvalue weighted by atomic mass is 10.0. The Kier molecular flexibility index (Phi) is 5.95. The lowest BCUT2D eigenvalue weighted by Gasteiger charge is -2.37. The highest BCUT2D eigenvalue weighted by Crippen LogP contribution is 2.29. The van der Waals surface area contributed by atoms with Crippen LogP contribution in [0, 0.1) is 5.92 Å². The third-order valence-corrected chi connectivity index (χ3v) is 5.47. The number of alkyl carbamates (subject to hydrolysis) is 1. The van der Waals surface area contributed by atoms with Crippen molar-refractivity contribution in [3.05, 3.63) is 11.9 Å². The number of piperidine rings is 1. The first-order chi connectivity index (χ1) is 13.5. The number of fused-ring (bicyclic) bond motifs is 1. The summed E-state index contributed by atoms with van der Waals surface area (Å²) in [4.78, 5) is 45.0. The molecule has 3 aliphatic heterocycles. The summed E-state index contributed by atoms with van der Waals surface area (Å²) in [6.45, 7) is 10.1. The average Bonchev–Trinajstić information content (AvgIpc) is 3.15. The zero-order valence-electron chi connectivity index (χ0n) is 18.1. The topological polar surface area (TPSA) is 85.4 Å². The fraction of sp³-hybridized carbons (Fsp3) is 0.750. The van der Waals surface area contributed by atoms with Crippen LogP contribution in [-0.2, 0) is 14.3 Å². The fourth-order valence-electron chi connectivity index (χ4n) is 4.01. The summed E-state index contributed by atoms with van der Waals surface area (Å²) in [5.41, 5.74) is 0.208. The normalized spacial score (nSPS) is 21.3. The molecule has 2 fully saturated rings. The predicted octanol–water partition coefficient (Wildman–Crippen LogP) is 0.984. The van der Waals surface area contributed by atoms with Gasteiger partial charge in [0.15, 0.2) is 0 Å². The van der Waals surface area contributed by atoms with Gasteiger partial charge in [0.05, 0.1) is 19.3 Å². The second-order valence-corrected chi connectivity index (χ2v) is 9.21. The molecule has 9 heteroatoms. The molecule has 162 valence electrons. The Morgan fingerprint density at radius 3 is 2.48 bits per heavy atom. The molecule has 0 radical (unpaired) electrons. The van der Waals surface area contributed by atoms with Crippen LogP contribution in [0.1, 0.15) is 40.5 Å². The molecule has 3 rings (SSSR count). The van der Waals surface area contributed by atoms with E-state index in [1.807, 2.05) is 34.9 Å². The van der Waals surface area contributed by atoms with E-state index in [0.29, 0.717) is 19.8 Å². The molecule has 0 spiro atoms. The van der Waals surface area contributed by atoms with Crippen molar-refractivity contribution in [3.8, 4) is 0 Å². The van der Waals surface area contributed by atoms with Crippen molar-refractivity contribution in [2.24, 2.45) is 5.92 Å². The summed E-state index contributed by atoms with van der Waals surface area (Å²) < 4.78 is 5.21. The molecule has 2 saturated heterocycles. The van der Waals surface area contributed by atoms with Gasteiger partial charge >= 0.3 is 6.09 Å². The van der Waals surface area contributed by atoms with Crippen molar-refractivity contribution in [1.29, 1.82) is 0 Å². The van der Waals surface area contributed by atoms with E-state index in [-0.39, 0.29) is 30.3 Å². The van der Waals surface area contributed by atoms with Gasteiger partial charge in [-0.15, -0.1) is 0 Å². The Bertz CT molecular complexity index is 693. The molecular weight excluding hydrogens is 374 g/mol. The fourth-order valence-corrected chi connectivity index (χ4v) is 4.01. The zero-order chi connectivity index (χ0) is 21.3. The number of amides is 3. The van der Waals surface area contributed by atoms with Gasteiger partial charge in [-0.3, -0.25) is 9.59 Å². The Hall–Kier alpha value is -2.45. The van der Waals surface area contributed by atoms with Crippen molar-refractivity contribution in [3.63, 3.8) is 0 Å². The maximum absolute atomic E-state index is 12.7. The second kappa shape index (κ2) is 8.12. The van der Waals surface area contributed by atoms with Gasteiger partial charge in [0.25, 0.3) is 5.91 Å². The van der Waals surface area contributed by atoms with Crippen molar-refractivity contribution >= 4 is 17.9 Å². The van der Waals surface area contributed by atoms with Crippen LogP contribution < -0.4 is 5.32 Å². The first-order valence-corrected chi connectivity index (χ1v) is 10.3. The van der Waals surface area contributed by atoms with Crippen LogP contribution in [-0.4, -0.2) is 89.2 Å². The number of hydrogen-bond donors (Lipinski definition) is 1. The first kappa shape index (κ1) is 21.3. The third-order valence-electron chi connectivity index (χ3n) is 5.47. The average molecular weight is 408 g/mol. The van der Waals surface area contributed by atoms with Gasteiger partial charge < -0.3 is 29.7 Å². The Morgan fingerprint density at radius 1 is 1.24 bits per heavy atom. The van der Waals surface area contributed by atoms with Gasteiger partial charge in [-0.25, -0.2) is 4.79 Å². The number of nitrogens with zero attached hydrogens (tertiary/aromatic N) is 4. The number of carbonyl (C=O) groups excluding carboxylic acids is 3. The molecule has 0 saturated carbocycles. The van der Waals surface area contributed by atoms with Crippen LogP contribution in [0.2, 0.25) is 0 Å². The molecule has 0 bridgehead atoms. The summed E-state index contributed by atoms with van der Waals surface area (Å²) in [5.74, 6) is -0.204. The molecule has 9 nitrogen and oxygen atoms in total. The van der Waals surface area contributed by atoms with Gasteiger partial charge in [-0.1, -0.05) is 6.92 Å². The number of rotatable bonds is 4. The highest BCUT2D eigenvalue weighted by Gasteiger charge is 2.41. The van der Waals surface area contributed by atoms with Gasteiger partial charge in [-0.05, 0) is 33.6 Å². The monoisotopic (exact) mass is 407 g/mol. The Morgan fingerprint density at radius 2 is 1.90 bits per heavy atom.